The molecule has 23 heavy (non-hydrogen) atoms. The number of hydrogen-bond donors (Lipinski definition) is 1. The lowest BCUT2D eigenvalue weighted by Crippen LogP contribution is -2.14. The third kappa shape index (κ3) is 3.17. The number of thiophene rings is 1. The summed E-state index contributed by atoms with van der Waals surface area (Å²) in [5.74, 6) is -0.132. The Hall–Kier alpha value is -2.46. The normalized spacial score (nSPS) is 10.6. The van der Waals surface area contributed by atoms with Gasteiger partial charge in [-0.1, -0.05) is 12.1 Å². The summed E-state index contributed by atoms with van der Waals surface area (Å²) >= 11 is 1.64. The van der Waals surface area contributed by atoms with Crippen molar-refractivity contribution in [3.05, 3.63) is 70.2 Å². The Morgan fingerprint density at radius 2 is 1.87 bits per heavy atom. The van der Waals surface area contributed by atoms with Gasteiger partial charge in [0.15, 0.2) is 0 Å². The molecule has 116 valence electrons. The Morgan fingerprint density at radius 3 is 2.61 bits per heavy atom. The molecule has 0 saturated carbocycles. The van der Waals surface area contributed by atoms with Gasteiger partial charge in [0, 0.05) is 16.8 Å². The van der Waals surface area contributed by atoms with E-state index < -0.39 is 0 Å². The minimum atomic E-state index is -0.132. The molecule has 0 aliphatic heterocycles. The standard InChI is InChI=1S/C19H18N2OS/c1-12-6-4-8-16(14(12)3)21-19(22)15-7-5-11-20-18(15)17-10-9-13(2)23-17/h4-11H,1-3H3,(H,21,22). The zero-order valence-corrected chi connectivity index (χ0v) is 14.2. The molecule has 0 spiro atoms. The molecule has 0 radical (unpaired) electrons. The molecular formula is C19H18N2OS. The maximum Gasteiger partial charge on any atom is 0.257 e. The van der Waals surface area contributed by atoms with Gasteiger partial charge in [-0.3, -0.25) is 9.78 Å². The van der Waals surface area contributed by atoms with Crippen molar-refractivity contribution in [2.24, 2.45) is 0 Å². The molecule has 0 saturated heterocycles. The Bertz CT molecular complexity index is 867. The second-order valence-corrected chi connectivity index (χ2v) is 6.80. The number of rotatable bonds is 3. The average Bonchev–Trinajstić information content (AvgIpc) is 2.98. The number of aryl methyl sites for hydroxylation is 2. The van der Waals surface area contributed by atoms with Crippen LogP contribution in [0.15, 0.2) is 48.7 Å². The van der Waals surface area contributed by atoms with Crippen LogP contribution in [0.3, 0.4) is 0 Å². The van der Waals surface area contributed by atoms with Gasteiger partial charge in [0.25, 0.3) is 5.91 Å². The zero-order valence-electron chi connectivity index (χ0n) is 13.4. The van der Waals surface area contributed by atoms with Crippen LogP contribution in [0.25, 0.3) is 10.6 Å². The first-order valence-corrected chi connectivity index (χ1v) is 8.27. The second-order valence-electron chi connectivity index (χ2n) is 5.51. The minimum absolute atomic E-state index is 0.132. The molecule has 0 aliphatic carbocycles. The van der Waals surface area contributed by atoms with Gasteiger partial charge < -0.3 is 5.32 Å². The number of nitrogens with zero attached hydrogens (tertiary/aromatic N) is 1. The Labute approximate surface area is 140 Å². The molecule has 1 aromatic carbocycles. The molecule has 4 heteroatoms. The number of benzene rings is 1. The summed E-state index contributed by atoms with van der Waals surface area (Å²) in [6.45, 7) is 6.10. The van der Waals surface area contributed by atoms with Crippen LogP contribution in [0.2, 0.25) is 0 Å². The lowest BCUT2D eigenvalue weighted by molar-refractivity contribution is 0.102. The monoisotopic (exact) mass is 322 g/mol. The molecule has 0 unspecified atom stereocenters. The Kier molecular flexibility index (Phi) is 4.26. The first-order chi connectivity index (χ1) is 11.1. The molecule has 0 aliphatic rings. The molecule has 3 nitrogen and oxygen atoms in total. The molecular weight excluding hydrogens is 304 g/mol. The maximum absolute atomic E-state index is 12.7. The van der Waals surface area contributed by atoms with Crippen LogP contribution in [-0.2, 0) is 0 Å². The average molecular weight is 322 g/mol. The summed E-state index contributed by atoms with van der Waals surface area (Å²) in [4.78, 5) is 19.4. The quantitative estimate of drug-likeness (QED) is 0.738. The van der Waals surface area contributed by atoms with E-state index in [0.29, 0.717) is 5.56 Å². The summed E-state index contributed by atoms with van der Waals surface area (Å²) in [6, 6.07) is 13.6. The summed E-state index contributed by atoms with van der Waals surface area (Å²) < 4.78 is 0. The molecule has 0 bridgehead atoms. The Balaban J connectivity index is 1.96. The summed E-state index contributed by atoms with van der Waals surface area (Å²) in [5.41, 5.74) is 4.40. The van der Waals surface area contributed by atoms with Gasteiger partial charge in [0.05, 0.1) is 16.1 Å². The van der Waals surface area contributed by atoms with Crippen LogP contribution in [0.4, 0.5) is 5.69 Å². The van der Waals surface area contributed by atoms with Gasteiger partial charge in [0.2, 0.25) is 0 Å². The van der Waals surface area contributed by atoms with Crippen LogP contribution in [-0.4, -0.2) is 10.9 Å². The Morgan fingerprint density at radius 1 is 1.04 bits per heavy atom. The van der Waals surface area contributed by atoms with Crippen LogP contribution < -0.4 is 5.32 Å². The van der Waals surface area contributed by atoms with E-state index in [4.69, 9.17) is 0 Å². The van der Waals surface area contributed by atoms with Crippen LogP contribution in [0.1, 0.15) is 26.4 Å². The molecule has 2 aromatic heterocycles. The predicted octanol–water partition coefficient (Wildman–Crippen LogP) is 4.99. The van der Waals surface area contributed by atoms with E-state index in [0.717, 1.165) is 27.4 Å². The van der Waals surface area contributed by atoms with Gasteiger partial charge in [-0.05, 0) is 62.2 Å². The highest BCUT2D eigenvalue weighted by Crippen LogP contribution is 2.29. The van der Waals surface area contributed by atoms with E-state index >= 15 is 0 Å². The third-order valence-electron chi connectivity index (χ3n) is 3.88. The van der Waals surface area contributed by atoms with Gasteiger partial charge in [-0.15, -0.1) is 11.3 Å². The minimum Gasteiger partial charge on any atom is -0.322 e. The smallest absolute Gasteiger partial charge is 0.257 e. The van der Waals surface area contributed by atoms with Crippen LogP contribution in [0, 0.1) is 20.8 Å². The fraction of sp³-hybridized carbons (Fsp3) is 0.158. The van der Waals surface area contributed by atoms with Crippen molar-refractivity contribution in [1.29, 1.82) is 0 Å². The van der Waals surface area contributed by atoms with Crippen molar-refractivity contribution in [3.63, 3.8) is 0 Å². The number of carbonyl (C=O) groups excluding carboxylic acids is 1. The number of amides is 1. The highest BCUT2D eigenvalue weighted by atomic mass is 32.1. The van der Waals surface area contributed by atoms with Crippen LogP contribution in [0.5, 0.6) is 0 Å². The van der Waals surface area contributed by atoms with E-state index in [-0.39, 0.29) is 5.91 Å². The molecule has 3 aromatic rings. The van der Waals surface area contributed by atoms with E-state index in [1.54, 1.807) is 23.6 Å². The van der Waals surface area contributed by atoms with Crippen LogP contribution >= 0.6 is 11.3 Å². The third-order valence-corrected chi connectivity index (χ3v) is 4.89. The van der Waals surface area contributed by atoms with Crippen molar-refractivity contribution >= 4 is 22.9 Å². The highest BCUT2D eigenvalue weighted by Gasteiger charge is 2.16. The SMILES string of the molecule is Cc1ccc(-c2ncccc2C(=O)Nc2cccc(C)c2C)s1. The van der Waals surface area contributed by atoms with E-state index in [2.05, 4.69) is 10.3 Å². The highest BCUT2D eigenvalue weighted by molar-refractivity contribution is 7.15. The summed E-state index contributed by atoms with van der Waals surface area (Å²) in [6.07, 6.45) is 1.72. The van der Waals surface area contributed by atoms with E-state index in [1.807, 2.05) is 57.2 Å². The number of anilines is 1. The van der Waals surface area contributed by atoms with Crippen molar-refractivity contribution in [2.75, 3.05) is 5.32 Å². The molecule has 1 N–H and O–H groups in total. The van der Waals surface area contributed by atoms with Crippen molar-refractivity contribution in [3.8, 4) is 10.6 Å². The maximum atomic E-state index is 12.7. The summed E-state index contributed by atoms with van der Waals surface area (Å²) in [5, 5.41) is 3.01. The fourth-order valence-electron chi connectivity index (χ4n) is 2.42. The molecule has 2 heterocycles. The van der Waals surface area contributed by atoms with Gasteiger partial charge >= 0.3 is 0 Å². The number of carbonyl (C=O) groups is 1. The number of pyridine rings is 1. The van der Waals surface area contributed by atoms with Crippen molar-refractivity contribution in [2.45, 2.75) is 20.8 Å². The second kappa shape index (κ2) is 6.34. The predicted molar refractivity (Wildman–Crippen MR) is 96.2 cm³/mol. The first-order valence-electron chi connectivity index (χ1n) is 7.45. The van der Waals surface area contributed by atoms with Gasteiger partial charge in [-0.25, -0.2) is 0 Å². The number of aromatic nitrogens is 1. The molecule has 3 rings (SSSR count). The lowest BCUT2D eigenvalue weighted by Gasteiger charge is -2.12. The largest absolute Gasteiger partial charge is 0.322 e. The van der Waals surface area contributed by atoms with E-state index in [9.17, 15) is 4.79 Å². The number of nitrogens with one attached hydrogen (secondary N) is 1. The molecule has 0 fully saturated rings. The summed E-state index contributed by atoms with van der Waals surface area (Å²) in [7, 11) is 0. The first kappa shape index (κ1) is 15.4. The van der Waals surface area contributed by atoms with E-state index in [1.165, 1.54) is 4.88 Å². The van der Waals surface area contributed by atoms with Gasteiger partial charge in [0.1, 0.15) is 0 Å². The van der Waals surface area contributed by atoms with Gasteiger partial charge in [-0.2, -0.15) is 0 Å². The van der Waals surface area contributed by atoms with Crippen molar-refractivity contribution < 1.29 is 4.79 Å². The topological polar surface area (TPSA) is 42.0 Å². The lowest BCUT2D eigenvalue weighted by atomic mass is 10.1. The van der Waals surface area contributed by atoms with Crippen molar-refractivity contribution in [1.82, 2.24) is 4.98 Å². The molecule has 0 atom stereocenters. The zero-order chi connectivity index (χ0) is 16.4. The fourth-order valence-corrected chi connectivity index (χ4v) is 3.30. The molecule has 1 amide bonds. The number of hydrogen-bond acceptors (Lipinski definition) is 3.